The maximum Gasteiger partial charge on any atom is 0.418 e. The Hall–Kier alpha value is -3.29. The molecule has 0 bridgehead atoms. The fourth-order valence-corrected chi connectivity index (χ4v) is 4.41. The fraction of sp³-hybridized carbons (Fsp3) is 0.100. The van der Waals surface area contributed by atoms with E-state index in [-0.39, 0.29) is 14.9 Å². The van der Waals surface area contributed by atoms with Crippen molar-refractivity contribution < 1.29 is 31.5 Å². The summed E-state index contributed by atoms with van der Waals surface area (Å²) in [6.07, 6.45) is -3.72. The average molecular weight is 531 g/mol. The van der Waals surface area contributed by atoms with Crippen molar-refractivity contribution in [3.8, 4) is 10.6 Å². The number of carboxylic acids is 1. The molecular formula is C20H14ClF3N4O4S2. The van der Waals surface area contributed by atoms with Crippen molar-refractivity contribution in [1.82, 2.24) is 10.2 Å². The number of hydrogen-bond donors (Lipinski definition) is 2. The number of aromatic nitrogens is 2. The molecule has 0 amide bonds. The van der Waals surface area contributed by atoms with Crippen molar-refractivity contribution in [3.63, 3.8) is 0 Å². The van der Waals surface area contributed by atoms with Crippen molar-refractivity contribution in [2.24, 2.45) is 10.7 Å². The Kier molecular flexibility index (Phi) is 7.10. The van der Waals surface area contributed by atoms with Gasteiger partial charge in [0.2, 0.25) is 0 Å². The summed E-state index contributed by atoms with van der Waals surface area (Å²) >= 11 is 6.91. The number of para-hydroxylation sites is 1. The number of hydrogen-bond acceptors (Lipinski definition) is 8. The molecule has 0 unspecified atom stereocenters. The number of nitrogens with two attached hydrogens (primary N) is 1. The zero-order chi connectivity index (χ0) is 25.3. The largest absolute Gasteiger partial charge is 0.477 e. The predicted molar refractivity (Wildman–Crippen MR) is 121 cm³/mol. The van der Waals surface area contributed by atoms with E-state index >= 15 is 0 Å². The highest BCUT2D eigenvalue weighted by atomic mass is 35.5. The molecule has 2 aromatic carbocycles. The van der Waals surface area contributed by atoms with Crippen molar-refractivity contribution >= 4 is 50.1 Å². The van der Waals surface area contributed by atoms with Gasteiger partial charge in [0.05, 0.1) is 21.2 Å². The number of benzene rings is 2. The molecule has 34 heavy (non-hydrogen) atoms. The Morgan fingerprint density at radius 1 is 1.15 bits per heavy atom. The molecule has 0 saturated carbocycles. The van der Waals surface area contributed by atoms with Gasteiger partial charge in [0, 0.05) is 11.8 Å². The van der Waals surface area contributed by atoms with Crippen LogP contribution in [0.1, 0.15) is 10.6 Å². The van der Waals surface area contributed by atoms with Gasteiger partial charge in [0.25, 0.3) is 0 Å². The SMILES string of the molecule is CS(=O)(=O)c1cccc(-c2nnc(C(=Nc3ccccc3C(F)(F)F)C(Cl)=C(N)C(=O)O)s2)c1. The number of aliphatic imine (C=N–C) groups is 1. The predicted octanol–water partition coefficient (Wildman–Crippen LogP) is 4.24. The van der Waals surface area contributed by atoms with E-state index in [1.165, 1.54) is 30.3 Å². The number of carbonyl (C=O) groups is 1. The first kappa shape index (κ1) is 25.3. The number of rotatable bonds is 6. The molecule has 3 N–H and O–H groups in total. The average Bonchev–Trinajstić information content (AvgIpc) is 3.25. The van der Waals surface area contributed by atoms with Gasteiger partial charge >= 0.3 is 12.1 Å². The van der Waals surface area contributed by atoms with Crippen LogP contribution in [0.15, 0.2) is 69.1 Å². The minimum absolute atomic E-state index is 0.0165. The van der Waals surface area contributed by atoms with Crippen molar-refractivity contribution in [1.29, 1.82) is 0 Å². The normalized spacial score (nSPS) is 13.5. The summed E-state index contributed by atoms with van der Waals surface area (Å²) in [4.78, 5) is 15.3. The van der Waals surface area contributed by atoms with Crippen LogP contribution >= 0.6 is 22.9 Å². The number of allylic oxidation sites excluding steroid dienone is 1. The Morgan fingerprint density at radius 2 is 1.82 bits per heavy atom. The molecule has 8 nitrogen and oxygen atoms in total. The first-order valence-corrected chi connectivity index (χ1v) is 12.2. The summed E-state index contributed by atoms with van der Waals surface area (Å²) in [5.74, 6) is -1.62. The number of aliphatic carboxylic acids is 1. The second kappa shape index (κ2) is 9.52. The van der Waals surface area contributed by atoms with Crippen LogP contribution < -0.4 is 5.73 Å². The molecule has 0 radical (unpaired) electrons. The summed E-state index contributed by atoms with van der Waals surface area (Å²) in [5, 5.41) is 16.4. The zero-order valence-electron chi connectivity index (χ0n) is 17.0. The molecule has 178 valence electrons. The number of carboxylic acid groups (broad SMARTS) is 1. The highest BCUT2D eigenvalue weighted by molar-refractivity contribution is 7.90. The fourth-order valence-electron chi connectivity index (χ4n) is 2.64. The standard InChI is InChI=1S/C20H14ClF3N4O4S2/c1-34(31,32)11-6-4-5-10(9-11)17-27-28-18(33-17)16(14(21)15(25)19(29)30)26-13-8-3-2-7-12(13)20(22,23)24/h2-9H,25H2,1H3,(H,29,30). The van der Waals surface area contributed by atoms with Gasteiger partial charge in [-0.1, -0.05) is 47.2 Å². The van der Waals surface area contributed by atoms with Gasteiger partial charge in [0.15, 0.2) is 14.8 Å². The number of halogens is 4. The van der Waals surface area contributed by atoms with Crippen LogP contribution in [0.4, 0.5) is 18.9 Å². The topological polar surface area (TPSA) is 136 Å². The summed E-state index contributed by atoms with van der Waals surface area (Å²) in [5.41, 5.74) is 2.92. The van der Waals surface area contributed by atoms with E-state index in [1.54, 1.807) is 6.07 Å². The monoisotopic (exact) mass is 530 g/mol. The lowest BCUT2D eigenvalue weighted by atomic mass is 10.1. The molecule has 0 aliphatic heterocycles. The van der Waals surface area contributed by atoms with E-state index in [0.29, 0.717) is 5.56 Å². The number of nitrogens with zero attached hydrogens (tertiary/aromatic N) is 3. The molecule has 14 heteroatoms. The van der Waals surface area contributed by atoms with Crippen LogP contribution in [0.3, 0.4) is 0 Å². The summed E-state index contributed by atoms with van der Waals surface area (Å²) in [6.45, 7) is 0. The Balaban J connectivity index is 2.20. The van der Waals surface area contributed by atoms with Crippen LogP contribution in [0.25, 0.3) is 10.6 Å². The lowest BCUT2D eigenvalue weighted by Crippen LogP contribution is -2.16. The van der Waals surface area contributed by atoms with E-state index in [9.17, 15) is 31.5 Å². The third-order valence-electron chi connectivity index (χ3n) is 4.25. The number of alkyl halides is 3. The lowest BCUT2D eigenvalue weighted by molar-refractivity contribution is -0.137. The zero-order valence-corrected chi connectivity index (χ0v) is 19.4. The molecule has 0 atom stereocenters. The quantitative estimate of drug-likeness (QED) is 0.359. The van der Waals surface area contributed by atoms with Crippen LogP contribution in [0.2, 0.25) is 0 Å². The maximum absolute atomic E-state index is 13.4. The van der Waals surface area contributed by atoms with Gasteiger partial charge in [-0.05, 0) is 24.3 Å². The van der Waals surface area contributed by atoms with Crippen LogP contribution in [-0.2, 0) is 20.8 Å². The Morgan fingerprint density at radius 3 is 2.44 bits per heavy atom. The third kappa shape index (κ3) is 5.61. The highest BCUT2D eigenvalue weighted by Gasteiger charge is 2.33. The molecule has 3 aromatic rings. The third-order valence-corrected chi connectivity index (χ3v) is 6.73. The first-order chi connectivity index (χ1) is 15.8. The van der Waals surface area contributed by atoms with E-state index in [0.717, 1.165) is 29.7 Å². The molecule has 3 rings (SSSR count). The lowest BCUT2D eigenvalue weighted by Gasteiger charge is -2.11. The summed E-state index contributed by atoms with van der Waals surface area (Å²) < 4.78 is 64.0. The molecule has 0 fully saturated rings. The van der Waals surface area contributed by atoms with E-state index in [1.807, 2.05) is 0 Å². The smallest absolute Gasteiger partial charge is 0.418 e. The minimum Gasteiger partial charge on any atom is -0.477 e. The van der Waals surface area contributed by atoms with Crippen LogP contribution in [0, 0.1) is 0 Å². The Bertz CT molecular complexity index is 1430. The summed E-state index contributed by atoms with van der Waals surface area (Å²) in [6, 6.07) is 10.1. The van der Waals surface area contributed by atoms with Crippen molar-refractivity contribution in [3.05, 3.63) is 69.8 Å². The minimum atomic E-state index is -4.75. The van der Waals surface area contributed by atoms with E-state index in [2.05, 4.69) is 15.2 Å². The van der Waals surface area contributed by atoms with Crippen molar-refractivity contribution in [2.45, 2.75) is 11.1 Å². The van der Waals surface area contributed by atoms with Gasteiger partial charge in [-0.15, -0.1) is 10.2 Å². The van der Waals surface area contributed by atoms with Gasteiger partial charge in [-0.25, -0.2) is 18.2 Å². The molecule has 0 aliphatic rings. The summed E-state index contributed by atoms with van der Waals surface area (Å²) in [7, 11) is -3.52. The Labute approximate surface area is 200 Å². The molecular weight excluding hydrogens is 517 g/mol. The number of sulfone groups is 1. The second-order valence-corrected chi connectivity index (χ2v) is 10.1. The molecule has 1 heterocycles. The molecule has 0 aliphatic carbocycles. The van der Waals surface area contributed by atoms with Crippen molar-refractivity contribution in [2.75, 3.05) is 6.26 Å². The van der Waals surface area contributed by atoms with Gasteiger partial charge < -0.3 is 10.8 Å². The highest BCUT2D eigenvalue weighted by Crippen LogP contribution is 2.37. The first-order valence-electron chi connectivity index (χ1n) is 9.07. The molecule has 0 spiro atoms. The van der Waals surface area contributed by atoms with Crippen LogP contribution in [0.5, 0.6) is 0 Å². The maximum atomic E-state index is 13.4. The van der Waals surface area contributed by atoms with Crippen LogP contribution in [-0.4, -0.2) is 41.7 Å². The van der Waals surface area contributed by atoms with Gasteiger partial charge in [-0.3, -0.25) is 0 Å². The van der Waals surface area contributed by atoms with E-state index < -0.39 is 49.7 Å². The van der Waals surface area contributed by atoms with Gasteiger partial charge in [0.1, 0.15) is 16.4 Å². The van der Waals surface area contributed by atoms with Gasteiger partial charge in [-0.2, -0.15) is 13.2 Å². The molecule has 1 aromatic heterocycles. The van der Waals surface area contributed by atoms with E-state index in [4.69, 9.17) is 17.3 Å². The second-order valence-electron chi connectivity index (χ2n) is 6.72. The molecule has 0 saturated heterocycles.